The number of aryl methyl sites for hydroxylation is 1. The van der Waals surface area contributed by atoms with Gasteiger partial charge in [-0.15, -0.1) is 0 Å². The van der Waals surface area contributed by atoms with Crippen LogP contribution < -0.4 is 4.46 Å². The Morgan fingerprint density at radius 2 is 1.75 bits per heavy atom. The van der Waals surface area contributed by atoms with Crippen molar-refractivity contribution >= 4 is 19.4 Å². The van der Waals surface area contributed by atoms with Crippen molar-refractivity contribution in [3.63, 3.8) is 0 Å². The molecule has 2 aromatic carbocycles. The maximum atomic E-state index is 5.90. The van der Waals surface area contributed by atoms with Gasteiger partial charge < -0.3 is 0 Å². The van der Waals surface area contributed by atoms with Gasteiger partial charge in [0.15, 0.2) is 0 Å². The molecule has 104 valence electrons. The Labute approximate surface area is 127 Å². The summed E-state index contributed by atoms with van der Waals surface area (Å²) in [5, 5.41) is 0. The number of hydrogen-bond donors (Lipinski definition) is 0. The van der Waals surface area contributed by atoms with Crippen LogP contribution in [-0.2, 0) is 4.74 Å². The van der Waals surface area contributed by atoms with E-state index in [-0.39, 0.29) is 21.1 Å². The van der Waals surface area contributed by atoms with Crippen LogP contribution in [0.25, 0.3) is 0 Å². The van der Waals surface area contributed by atoms with Crippen molar-refractivity contribution in [1.82, 2.24) is 0 Å². The van der Waals surface area contributed by atoms with Crippen molar-refractivity contribution < 1.29 is 4.74 Å². The monoisotopic (exact) mass is 332 g/mol. The Morgan fingerprint density at radius 3 is 2.35 bits per heavy atom. The number of hydrogen-bond acceptors (Lipinski definition) is 1. The van der Waals surface area contributed by atoms with Gasteiger partial charge in [-0.1, -0.05) is 0 Å². The molecule has 2 rings (SSSR count). The van der Waals surface area contributed by atoms with Gasteiger partial charge in [-0.05, 0) is 0 Å². The Balaban J connectivity index is 2.13. The molecule has 0 aromatic heterocycles. The molecule has 0 bridgehead atoms. The average molecular weight is 331 g/mol. The molecule has 1 unspecified atom stereocenters. The van der Waals surface area contributed by atoms with Gasteiger partial charge in [0.1, 0.15) is 0 Å². The molecule has 20 heavy (non-hydrogen) atoms. The fourth-order valence-corrected chi connectivity index (χ4v) is 3.84. The number of ether oxygens (including phenoxy) is 1. The number of benzene rings is 2. The van der Waals surface area contributed by atoms with E-state index in [1.807, 2.05) is 25.1 Å². The molecule has 0 fully saturated rings. The molecule has 0 saturated heterocycles. The molecule has 2 heteroatoms. The molecule has 0 aliphatic heterocycles. The maximum absolute atomic E-state index is 5.90. The minimum absolute atomic E-state index is 0.00232. The van der Waals surface area contributed by atoms with E-state index in [2.05, 4.69) is 49.9 Å². The second-order valence-corrected chi connectivity index (χ2v) is 7.14. The summed E-state index contributed by atoms with van der Waals surface area (Å²) >= 11 is 0.226. The van der Waals surface area contributed by atoms with E-state index in [1.54, 1.807) is 0 Å². The molecule has 2 aromatic rings. The van der Waals surface area contributed by atoms with E-state index >= 15 is 0 Å². The van der Waals surface area contributed by atoms with Crippen LogP contribution in [0.15, 0.2) is 65.6 Å². The van der Waals surface area contributed by atoms with Crippen LogP contribution >= 0.6 is 0 Å². The Morgan fingerprint density at radius 1 is 1.10 bits per heavy atom. The molecule has 1 atom stereocenters. The summed E-state index contributed by atoms with van der Waals surface area (Å²) in [7, 11) is 0. The number of rotatable bonds is 6. The van der Waals surface area contributed by atoms with Gasteiger partial charge in [0, 0.05) is 0 Å². The first-order valence-corrected chi connectivity index (χ1v) is 8.52. The first-order valence-electron chi connectivity index (χ1n) is 6.80. The SMILES string of the molecule is C=C([Se]c1ccc(C)cc1)C(OCC)c1ccccc1. The van der Waals surface area contributed by atoms with Crippen LogP contribution in [0, 0.1) is 6.92 Å². The van der Waals surface area contributed by atoms with Crippen LogP contribution in [0.5, 0.6) is 0 Å². The summed E-state index contributed by atoms with van der Waals surface area (Å²) in [5.74, 6) is 0. The fourth-order valence-electron chi connectivity index (χ4n) is 1.98. The molecule has 0 amide bonds. The van der Waals surface area contributed by atoms with Crippen molar-refractivity contribution in [3.8, 4) is 0 Å². The van der Waals surface area contributed by atoms with Gasteiger partial charge in [0.2, 0.25) is 0 Å². The van der Waals surface area contributed by atoms with Crippen molar-refractivity contribution in [1.29, 1.82) is 0 Å². The molecule has 0 N–H and O–H groups in total. The van der Waals surface area contributed by atoms with E-state index in [1.165, 1.54) is 15.6 Å². The molecule has 0 radical (unpaired) electrons. The van der Waals surface area contributed by atoms with Crippen molar-refractivity contribution in [2.24, 2.45) is 0 Å². The zero-order chi connectivity index (χ0) is 14.4. The third kappa shape index (κ3) is 4.08. The summed E-state index contributed by atoms with van der Waals surface area (Å²) in [5.41, 5.74) is 2.48. The second kappa shape index (κ2) is 7.44. The van der Waals surface area contributed by atoms with E-state index in [4.69, 9.17) is 4.74 Å². The molecular weight excluding hydrogens is 311 g/mol. The van der Waals surface area contributed by atoms with Crippen LogP contribution in [0.4, 0.5) is 0 Å². The molecular formula is C18H20OSe. The van der Waals surface area contributed by atoms with Gasteiger partial charge in [0.25, 0.3) is 0 Å². The van der Waals surface area contributed by atoms with Gasteiger partial charge in [0.05, 0.1) is 0 Å². The predicted octanol–water partition coefficient (Wildman–Crippen LogP) is 3.62. The van der Waals surface area contributed by atoms with E-state index in [0.717, 1.165) is 4.47 Å². The quantitative estimate of drug-likeness (QED) is 0.735. The third-order valence-corrected chi connectivity index (χ3v) is 5.06. The van der Waals surface area contributed by atoms with E-state index in [0.29, 0.717) is 6.61 Å². The first kappa shape index (κ1) is 15.1. The summed E-state index contributed by atoms with van der Waals surface area (Å²) in [6, 6.07) is 19.0. The van der Waals surface area contributed by atoms with Crippen molar-refractivity contribution in [3.05, 3.63) is 76.8 Å². The Kier molecular flexibility index (Phi) is 5.60. The molecule has 0 aliphatic rings. The topological polar surface area (TPSA) is 9.23 Å². The van der Waals surface area contributed by atoms with Crippen LogP contribution in [0.2, 0.25) is 0 Å². The third-order valence-electron chi connectivity index (χ3n) is 3.00. The van der Waals surface area contributed by atoms with Crippen molar-refractivity contribution in [2.45, 2.75) is 20.0 Å². The molecule has 0 spiro atoms. The minimum atomic E-state index is 0.00232. The van der Waals surface area contributed by atoms with E-state index in [9.17, 15) is 0 Å². The van der Waals surface area contributed by atoms with Crippen LogP contribution in [0.3, 0.4) is 0 Å². The van der Waals surface area contributed by atoms with Gasteiger partial charge >= 0.3 is 127 Å². The molecule has 1 nitrogen and oxygen atoms in total. The zero-order valence-electron chi connectivity index (χ0n) is 12.0. The van der Waals surface area contributed by atoms with Crippen LogP contribution in [-0.4, -0.2) is 21.6 Å². The molecule has 0 aliphatic carbocycles. The van der Waals surface area contributed by atoms with Gasteiger partial charge in [-0.25, -0.2) is 0 Å². The Bertz CT molecular complexity index is 545. The van der Waals surface area contributed by atoms with Crippen molar-refractivity contribution in [2.75, 3.05) is 6.61 Å². The standard InChI is InChI=1S/C18H20OSe/c1-4-19-18(16-8-6-5-7-9-16)15(3)20-17-12-10-14(2)11-13-17/h5-13,18H,3-4H2,1-2H3. The predicted molar refractivity (Wildman–Crippen MR) is 86.5 cm³/mol. The van der Waals surface area contributed by atoms with Crippen LogP contribution in [0.1, 0.15) is 24.2 Å². The fraction of sp³-hybridized carbons (Fsp3) is 0.222. The van der Waals surface area contributed by atoms with Gasteiger partial charge in [-0.3, -0.25) is 0 Å². The Hall–Kier alpha value is -1.34. The summed E-state index contributed by atoms with van der Waals surface area (Å²) < 4.78 is 8.40. The first-order chi connectivity index (χ1) is 9.70. The summed E-state index contributed by atoms with van der Waals surface area (Å²) in [6.45, 7) is 9.11. The average Bonchev–Trinajstić information content (AvgIpc) is 2.48. The molecule has 0 heterocycles. The normalized spacial score (nSPS) is 12.1. The van der Waals surface area contributed by atoms with Gasteiger partial charge in [-0.2, -0.15) is 0 Å². The second-order valence-electron chi connectivity index (χ2n) is 4.63. The summed E-state index contributed by atoms with van der Waals surface area (Å²) in [4.78, 5) is 0. The molecule has 0 saturated carbocycles. The van der Waals surface area contributed by atoms with E-state index < -0.39 is 0 Å². The zero-order valence-corrected chi connectivity index (χ0v) is 13.7. The summed E-state index contributed by atoms with van der Waals surface area (Å²) in [6.07, 6.45) is 0.00232.